The summed E-state index contributed by atoms with van der Waals surface area (Å²) in [5.74, 6) is 0.993. The molecule has 0 saturated heterocycles. The highest BCUT2D eigenvalue weighted by atomic mass is 31.2. The van der Waals surface area contributed by atoms with Gasteiger partial charge in [0, 0.05) is 0 Å². The standard InChI is InChI=1S/C20H19O5P/c21-18-13-11-17(12-14-18)15-16-23-26(22,24-19-7-3-1-4-8-19)25-20-9-5-2-6-10-20/h1-14,21H,15-16H2. The van der Waals surface area contributed by atoms with E-state index in [4.69, 9.17) is 13.6 Å². The van der Waals surface area contributed by atoms with Crippen LogP contribution in [0.25, 0.3) is 0 Å². The number of rotatable bonds is 8. The molecule has 0 aliphatic heterocycles. The summed E-state index contributed by atoms with van der Waals surface area (Å²) in [6.45, 7) is 0.141. The number of hydrogen-bond acceptors (Lipinski definition) is 5. The first-order chi connectivity index (χ1) is 12.6. The van der Waals surface area contributed by atoms with Crippen LogP contribution >= 0.6 is 7.82 Å². The monoisotopic (exact) mass is 370 g/mol. The molecule has 0 fully saturated rings. The second-order valence-electron chi connectivity index (χ2n) is 5.51. The zero-order valence-electron chi connectivity index (χ0n) is 14.0. The summed E-state index contributed by atoms with van der Waals surface area (Å²) < 4.78 is 29.7. The first kappa shape index (κ1) is 18.1. The lowest BCUT2D eigenvalue weighted by atomic mass is 10.2. The van der Waals surface area contributed by atoms with E-state index in [1.165, 1.54) is 0 Å². The summed E-state index contributed by atoms with van der Waals surface area (Å²) in [6.07, 6.45) is 0.501. The van der Waals surface area contributed by atoms with Crippen molar-refractivity contribution < 1.29 is 23.2 Å². The highest BCUT2D eigenvalue weighted by molar-refractivity contribution is 7.49. The molecule has 0 bridgehead atoms. The molecule has 134 valence electrons. The number of hydrogen-bond donors (Lipinski definition) is 1. The van der Waals surface area contributed by atoms with Crippen molar-refractivity contribution in [1.82, 2.24) is 0 Å². The van der Waals surface area contributed by atoms with E-state index in [0.717, 1.165) is 5.56 Å². The SMILES string of the molecule is O=P(OCCc1ccc(O)cc1)(Oc1ccccc1)Oc1ccccc1. The van der Waals surface area contributed by atoms with E-state index in [-0.39, 0.29) is 12.4 Å². The lowest BCUT2D eigenvalue weighted by Gasteiger charge is -2.19. The molecule has 0 saturated carbocycles. The van der Waals surface area contributed by atoms with Gasteiger partial charge in [-0.1, -0.05) is 48.5 Å². The molecule has 3 rings (SSSR count). The maximum atomic E-state index is 13.1. The average Bonchev–Trinajstić information content (AvgIpc) is 2.65. The van der Waals surface area contributed by atoms with Gasteiger partial charge >= 0.3 is 7.82 Å². The predicted octanol–water partition coefficient (Wildman–Crippen LogP) is 5.22. The van der Waals surface area contributed by atoms with E-state index in [1.807, 2.05) is 12.1 Å². The van der Waals surface area contributed by atoms with Crippen molar-refractivity contribution in [3.63, 3.8) is 0 Å². The molecule has 3 aromatic rings. The summed E-state index contributed by atoms with van der Waals surface area (Å²) in [5.41, 5.74) is 0.939. The fourth-order valence-corrected chi connectivity index (χ4v) is 3.45. The minimum Gasteiger partial charge on any atom is -0.508 e. The van der Waals surface area contributed by atoms with Crippen LogP contribution in [0.5, 0.6) is 17.2 Å². The molecular formula is C20H19O5P. The van der Waals surface area contributed by atoms with Crippen molar-refractivity contribution in [3.05, 3.63) is 90.5 Å². The van der Waals surface area contributed by atoms with Gasteiger partial charge in [-0.15, -0.1) is 0 Å². The summed E-state index contributed by atoms with van der Waals surface area (Å²) in [4.78, 5) is 0. The Hall–Kier alpha value is -2.75. The van der Waals surface area contributed by atoms with Crippen LogP contribution in [0.3, 0.4) is 0 Å². The molecule has 0 spiro atoms. The van der Waals surface area contributed by atoms with Gasteiger partial charge in [-0.3, -0.25) is 4.52 Å². The molecule has 0 aliphatic rings. The van der Waals surface area contributed by atoms with E-state index < -0.39 is 7.82 Å². The summed E-state index contributed by atoms with van der Waals surface area (Å²) in [5, 5.41) is 9.32. The number of phosphoric acid groups is 1. The molecule has 3 aromatic carbocycles. The smallest absolute Gasteiger partial charge is 0.508 e. The Morgan fingerprint density at radius 3 is 1.73 bits per heavy atom. The number of benzene rings is 3. The quantitative estimate of drug-likeness (QED) is 0.551. The zero-order valence-corrected chi connectivity index (χ0v) is 14.9. The van der Waals surface area contributed by atoms with Crippen LogP contribution in [0.4, 0.5) is 0 Å². The van der Waals surface area contributed by atoms with Crippen molar-refractivity contribution in [2.75, 3.05) is 6.61 Å². The first-order valence-electron chi connectivity index (χ1n) is 8.15. The molecular weight excluding hydrogens is 351 g/mol. The summed E-state index contributed by atoms with van der Waals surface area (Å²) in [6, 6.07) is 24.3. The Morgan fingerprint density at radius 2 is 1.23 bits per heavy atom. The van der Waals surface area contributed by atoms with Crippen molar-refractivity contribution >= 4 is 7.82 Å². The highest BCUT2D eigenvalue weighted by Gasteiger charge is 2.30. The fraction of sp³-hybridized carbons (Fsp3) is 0.100. The van der Waals surface area contributed by atoms with Crippen molar-refractivity contribution in [3.8, 4) is 17.2 Å². The number of phenols is 1. The Morgan fingerprint density at radius 1 is 0.731 bits per heavy atom. The Balaban J connectivity index is 1.69. The van der Waals surface area contributed by atoms with Gasteiger partial charge < -0.3 is 14.2 Å². The van der Waals surface area contributed by atoms with Gasteiger partial charge in [0.2, 0.25) is 0 Å². The summed E-state index contributed by atoms with van der Waals surface area (Å²) >= 11 is 0. The van der Waals surface area contributed by atoms with Crippen molar-refractivity contribution in [2.45, 2.75) is 6.42 Å². The topological polar surface area (TPSA) is 65.0 Å². The van der Waals surface area contributed by atoms with Crippen LogP contribution in [0.15, 0.2) is 84.9 Å². The van der Waals surface area contributed by atoms with Crippen LogP contribution in [-0.4, -0.2) is 11.7 Å². The summed E-state index contributed by atoms with van der Waals surface area (Å²) in [7, 11) is -3.86. The molecule has 6 heteroatoms. The molecule has 0 aromatic heterocycles. The molecule has 0 unspecified atom stereocenters. The molecule has 5 nitrogen and oxygen atoms in total. The van der Waals surface area contributed by atoms with Crippen molar-refractivity contribution in [1.29, 1.82) is 0 Å². The first-order valence-corrected chi connectivity index (χ1v) is 9.61. The lowest BCUT2D eigenvalue weighted by Crippen LogP contribution is -2.07. The number of para-hydroxylation sites is 2. The largest absolute Gasteiger partial charge is 0.587 e. The Labute approximate surface area is 152 Å². The van der Waals surface area contributed by atoms with Crippen LogP contribution in [0, 0.1) is 0 Å². The second-order valence-corrected chi connectivity index (χ2v) is 7.02. The lowest BCUT2D eigenvalue weighted by molar-refractivity contribution is 0.212. The van der Waals surface area contributed by atoms with Gasteiger partial charge in [0.25, 0.3) is 0 Å². The van der Waals surface area contributed by atoms with E-state index in [0.29, 0.717) is 17.9 Å². The van der Waals surface area contributed by atoms with E-state index in [1.54, 1.807) is 72.8 Å². The van der Waals surface area contributed by atoms with Gasteiger partial charge in [0.05, 0.1) is 6.61 Å². The van der Waals surface area contributed by atoms with E-state index >= 15 is 0 Å². The Bertz CT molecular complexity index is 805. The molecule has 1 N–H and O–H groups in total. The average molecular weight is 370 g/mol. The molecule has 0 amide bonds. The van der Waals surface area contributed by atoms with E-state index in [9.17, 15) is 9.67 Å². The third kappa shape index (κ3) is 5.38. The maximum Gasteiger partial charge on any atom is 0.587 e. The van der Waals surface area contributed by atoms with Gasteiger partial charge in [-0.05, 0) is 48.4 Å². The van der Waals surface area contributed by atoms with Gasteiger partial charge in [0.15, 0.2) is 0 Å². The third-order valence-corrected chi connectivity index (χ3v) is 4.86. The van der Waals surface area contributed by atoms with Gasteiger partial charge in [0.1, 0.15) is 17.2 Å². The zero-order chi connectivity index (χ0) is 18.2. The fourth-order valence-electron chi connectivity index (χ4n) is 2.23. The Kier molecular flexibility index (Phi) is 5.95. The normalized spacial score (nSPS) is 11.1. The van der Waals surface area contributed by atoms with Crippen LogP contribution in [-0.2, 0) is 15.5 Å². The minimum atomic E-state index is -3.86. The van der Waals surface area contributed by atoms with Gasteiger partial charge in [-0.25, -0.2) is 4.57 Å². The van der Waals surface area contributed by atoms with Gasteiger partial charge in [-0.2, -0.15) is 0 Å². The molecule has 0 atom stereocenters. The minimum absolute atomic E-state index is 0.141. The van der Waals surface area contributed by atoms with Crippen molar-refractivity contribution in [2.24, 2.45) is 0 Å². The van der Waals surface area contributed by atoms with E-state index in [2.05, 4.69) is 0 Å². The van der Waals surface area contributed by atoms with Crippen LogP contribution in [0.1, 0.15) is 5.56 Å². The number of aromatic hydroxyl groups is 1. The highest BCUT2D eigenvalue weighted by Crippen LogP contribution is 2.49. The van der Waals surface area contributed by atoms with Crippen LogP contribution in [0.2, 0.25) is 0 Å². The molecule has 26 heavy (non-hydrogen) atoms. The number of phosphoric ester groups is 1. The second kappa shape index (κ2) is 8.56. The molecule has 0 heterocycles. The maximum absolute atomic E-state index is 13.1. The molecule has 0 radical (unpaired) electrons. The number of phenolic OH excluding ortho intramolecular Hbond substituents is 1. The third-order valence-electron chi connectivity index (χ3n) is 3.50. The predicted molar refractivity (Wildman–Crippen MR) is 99.5 cm³/mol. The molecule has 0 aliphatic carbocycles. The van der Waals surface area contributed by atoms with Crippen LogP contribution < -0.4 is 9.05 Å².